The molecule has 0 saturated carbocycles. The van der Waals surface area contributed by atoms with Gasteiger partial charge in [0.2, 0.25) is 0 Å². The molecule has 2 unspecified atom stereocenters. The maximum atomic E-state index is 12.3. The standard InChI is InChI=1S/C14H18N2O2S/c1-9(17)12-6-7-16(8-12)14(18)11-4-2-10(3-5-11)13(15)19/h2-5,9,12,17H,6-8H2,1H3,(H2,15,19). The summed E-state index contributed by atoms with van der Waals surface area (Å²) in [5, 5.41) is 9.55. The van der Waals surface area contributed by atoms with Crippen LogP contribution >= 0.6 is 12.2 Å². The fraction of sp³-hybridized carbons (Fsp3) is 0.429. The van der Waals surface area contributed by atoms with Crippen LogP contribution in [0.1, 0.15) is 29.3 Å². The van der Waals surface area contributed by atoms with Gasteiger partial charge in [0.05, 0.1) is 6.10 Å². The third kappa shape index (κ3) is 3.11. The summed E-state index contributed by atoms with van der Waals surface area (Å²) >= 11 is 4.88. The maximum Gasteiger partial charge on any atom is 0.253 e. The van der Waals surface area contributed by atoms with Crippen molar-refractivity contribution in [1.82, 2.24) is 4.90 Å². The van der Waals surface area contributed by atoms with Crippen molar-refractivity contribution in [3.8, 4) is 0 Å². The summed E-state index contributed by atoms with van der Waals surface area (Å²) in [6, 6.07) is 7.01. The molecular formula is C14H18N2O2S. The van der Waals surface area contributed by atoms with Crippen LogP contribution in [0.3, 0.4) is 0 Å². The number of hydrogen-bond acceptors (Lipinski definition) is 3. The molecule has 0 aromatic heterocycles. The zero-order valence-corrected chi connectivity index (χ0v) is 11.7. The number of likely N-dealkylation sites (tertiary alicyclic amines) is 1. The number of nitrogens with zero attached hydrogens (tertiary/aromatic N) is 1. The molecule has 1 aliphatic heterocycles. The first-order chi connectivity index (χ1) is 8.99. The minimum absolute atomic E-state index is 0.00219. The second-order valence-electron chi connectivity index (χ2n) is 4.98. The van der Waals surface area contributed by atoms with E-state index in [9.17, 15) is 9.90 Å². The van der Waals surface area contributed by atoms with Crippen molar-refractivity contribution < 1.29 is 9.90 Å². The minimum atomic E-state index is -0.366. The topological polar surface area (TPSA) is 66.6 Å². The van der Waals surface area contributed by atoms with Crippen LogP contribution < -0.4 is 5.73 Å². The van der Waals surface area contributed by atoms with Crippen molar-refractivity contribution in [3.05, 3.63) is 35.4 Å². The van der Waals surface area contributed by atoms with Crippen LogP contribution in [-0.2, 0) is 0 Å². The minimum Gasteiger partial charge on any atom is -0.393 e. The second kappa shape index (κ2) is 5.67. The van der Waals surface area contributed by atoms with Gasteiger partial charge in [-0.05, 0) is 25.5 Å². The van der Waals surface area contributed by atoms with Crippen molar-refractivity contribution in [3.63, 3.8) is 0 Å². The van der Waals surface area contributed by atoms with Crippen LogP contribution in [0.25, 0.3) is 0 Å². The van der Waals surface area contributed by atoms with Crippen molar-refractivity contribution in [2.45, 2.75) is 19.4 Å². The number of amides is 1. The van der Waals surface area contributed by atoms with E-state index in [4.69, 9.17) is 18.0 Å². The lowest BCUT2D eigenvalue weighted by molar-refractivity contribution is 0.0762. The first-order valence-electron chi connectivity index (χ1n) is 6.36. The molecule has 0 radical (unpaired) electrons. The van der Waals surface area contributed by atoms with E-state index in [1.807, 2.05) is 0 Å². The van der Waals surface area contributed by atoms with Gasteiger partial charge in [-0.1, -0.05) is 24.4 Å². The largest absolute Gasteiger partial charge is 0.393 e. The Morgan fingerprint density at radius 1 is 1.42 bits per heavy atom. The summed E-state index contributed by atoms with van der Waals surface area (Å²) < 4.78 is 0. The molecule has 0 spiro atoms. The van der Waals surface area contributed by atoms with Crippen LogP contribution in [0, 0.1) is 5.92 Å². The van der Waals surface area contributed by atoms with Gasteiger partial charge in [-0.2, -0.15) is 0 Å². The molecule has 19 heavy (non-hydrogen) atoms. The molecule has 0 bridgehead atoms. The number of aliphatic hydroxyl groups is 1. The molecule has 1 amide bonds. The van der Waals surface area contributed by atoms with E-state index >= 15 is 0 Å². The Kier molecular flexibility index (Phi) is 4.17. The predicted molar refractivity (Wildman–Crippen MR) is 78.0 cm³/mol. The molecule has 2 atom stereocenters. The molecule has 1 aliphatic rings. The van der Waals surface area contributed by atoms with Crippen LogP contribution in [-0.4, -0.2) is 40.1 Å². The maximum absolute atomic E-state index is 12.3. The summed E-state index contributed by atoms with van der Waals surface area (Å²) in [5.41, 5.74) is 6.91. The molecule has 1 heterocycles. The van der Waals surface area contributed by atoms with E-state index in [0.717, 1.165) is 12.0 Å². The number of rotatable bonds is 3. The highest BCUT2D eigenvalue weighted by Crippen LogP contribution is 2.21. The monoisotopic (exact) mass is 278 g/mol. The lowest BCUT2D eigenvalue weighted by Crippen LogP contribution is -2.30. The van der Waals surface area contributed by atoms with Crippen LogP contribution in [0.4, 0.5) is 0 Å². The van der Waals surface area contributed by atoms with Gasteiger partial charge in [0, 0.05) is 30.1 Å². The molecular weight excluding hydrogens is 260 g/mol. The van der Waals surface area contributed by atoms with Gasteiger partial charge in [-0.25, -0.2) is 0 Å². The molecule has 4 nitrogen and oxygen atoms in total. The van der Waals surface area contributed by atoms with Crippen molar-refractivity contribution >= 4 is 23.1 Å². The van der Waals surface area contributed by atoms with Gasteiger partial charge in [-0.3, -0.25) is 4.79 Å². The first-order valence-corrected chi connectivity index (χ1v) is 6.77. The molecule has 1 fully saturated rings. The van der Waals surface area contributed by atoms with Gasteiger partial charge >= 0.3 is 0 Å². The average Bonchev–Trinajstić information content (AvgIpc) is 2.87. The molecule has 1 aromatic rings. The van der Waals surface area contributed by atoms with Crippen molar-refractivity contribution in [2.75, 3.05) is 13.1 Å². The highest BCUT2D eigenvalue weighted by molar-refractivity contribution is 7.80. The zero-order chi connectivity index (χ0) is 14.0. The molecule has 5 heteroatoms. The Balaban J connectivity index is 2.06. The van der Waals surface area contributed by atoms with Crippen LogP contribution in [0.2, 0.25) is 0 Å². The average molecular weight is 278 g/mol. The summed E-state index contributed by atoms with van der Waals surface area (Å²) in [5.74, 6) is 0.178. The van der Waals surface area contributed by atoms with Crippen molar-refractivity contribution in [2.24, 2.45) is 11.7 Å². The SMILES string of the molecule is CC(O)C1CCN(C(=O)c2ccc(C(N)=S)cc2)C1. The van der Waals surface area contributed by atoms with E-state index in [0.29, 0.717) is 23.6 Å². The lowest BCUT2D eigenvalue weighted by Gasteiger charge is -2.18. The van der Waals surface area contributed by atoms with E-state index in [1.54, 1.807) is 36.1 Å². The summed E-state index contributed by atoms with van der Waals surface area (Å²) in [4.78, 5) is 14.4. The quantitative estimate of drug-likeness (QED) is 0.814. The summed E-state index contributed by atoms with van der Waals surface area (Å²) in [6.45, 7) is 3.09. The third-order valence-corrected chi connectivity index (χ3v) is 3.85. The van der Waals surface area contributed by atoms with E-state index in [1.165, 1.54) is 0 Å². The predicted octanol–water partition coefficient (Wildman–Crippen LogP) is 1.16. The highest BCUT2D eigenvalue weighted by Gasteiger charge is 2.29. The Morgan fingerprint density at radius 3 is 2.47 bits per heavy atom. The number of carbonyl (C=O) groups is 1. The lowest BCUT2D eigenvalue weighted by atomic mass is 10.0. The fourth-order valence-electron chi connectivity index (χ4n) is 2.33. The number of aliphatic hydroxyl groups excluding tert-OH is 1. The van der Waals surface area contributed by atoms with E-state index < -0.39 is 0 Å². The molecule has 102 valence electrons. The zero-order valence-electron chi connectivity index (χ0n) is 10.9. The van der Waals surface area contributed by atoms with Gasteiger partial charge in [0.1, 0.15) is 4.99 Å². The van der Waals surface area contributed by atoms with Gasteiger partial charge < -0.3 is 15.7 Å². The number of nitrogens with two attached hydrogens (primary N) is 1. The molecule has 3 N–H and O–H groups in total. The molecule has 0 aliphatic carbocycles. The van der Waals surface area contributed by atoms with Gasteiger partial charge in [0.25, 0.3) is 5.91 Å². The molecule has 1 saturated heterocycles. The Bertz CT molecular complexity index is 485. The van der Waals surface area contributed by atoms with E-state index in [2.05, 4.69) is 0 Å². The Morgan fingerprint density at radius 2 is 2.00 bits per heavy atom. The van der Waals surface area contributed by atoms with Gasteiger partial charge in [-0.15, -0.1) is 0 Å². The van der Waals surface area contributed by atoms with Gasteiger partial charge in [0.15, 0.2) is 0 Å². The second-order valence-corrected chi connectivity index (χ2v) is 5.42. The fourth-order valence-corrected chi connectivity index (χ4v) is 2.46. The third-order valence-electron chi connectivity index (χ3n) is 3.61. The van der Waals surface area contributed by atoms with Crippen LogP contribution in [0.15, 0.2) is 24.3 Å². The smallest absolute Gasteiger partial charge is 0.253 e. The summed E-state index contributed by atoms with van der Waals surface area (Å²) in [6.07, 6.45) is 0.490. The Hall–Kier alpha value is -1.46. The number of carbonyl (C=O) groups excluding carboxylic acids is 1. The first kappa shape index (κ1) is 14.0. The normalized spacial score (nSPS) is 20.3. The highest BCUT2D eigenvalue weighted by atomic mass is 32.1. The summed E-state index contributed by atoms with van der Waals surface area (Å²) in [7, 11) is 0. The Labute approximate surface area is 118 Å². The number of benzene rings is 1. The van der Waals surface area contributed by atoms with E-state index in [-0.39, 0.29) is 17.9 Å². The van der Waals surface area contributed by atoms with Crippen LogP contribution in [0.5, 0.6) is 0 Å². The number of hydrogen-bond donors (Lipinski definition) is 2. The molecule has 2 rings (SSSR count). The molecule has 1 aromatic carbocycles. The van der Waals surface area contributed by atoms with Crippen molar-refractivity contribution in [1.29, 1.82) is 0 Å². The number of thiocarbonyl (C=S) groups is 1.